The number of rotatable bonds is 2. The SMILES string of the molecule is CNc1nccc(N2CCCC2C)n1. The van der Waals surface area contributed by atoms with Crippen molar-refractivity contribution < 1.29 is 0 Å². The summed E-state index contributed by atoms with van der Waals surface area (Å²) in [5.41, 5.74) is 0. The lowest BCUT2D eigenvalue weighted by molar-refractivity contribution is 0.726. The summed E-state index contributed by atoms with van der Waals surface area (Å²) in [5, 5.41) is 2.96. The number of anilines is 2. The quantitative estimate of drug-likeness (QED) is 0.771. The number of nitrogens with one attached hydrogen (secondary N) is 1. The monoisotopic (exact) mass is 192 g/mol. The molecule has 0 bridgehead atoms. The van der Waals surface area contributed by atoms with Crippen molar-refractivity contribution in [2.24, 2.45) is 0 Å². The van der Waals surface area contributed by atoms with E-state index < -0.39 is 0 Å². The van der Waals surface area contributed by atoms with E-state index >= 15 is 0 Å². The van der Waals surface area contributed by atoms with Crippen molar-refractivity contribution in [2.45, 2.75) is 25.8 Å². The summed E-state index contributed by atoms with van der Waals surface area (Å²) in [6.45, 7) is 3.36. The van der Waals surface area contributed by atoms with Crippen LogP contribution in [0.1, 0.15) is 19.8 Å². The third-order valence-corrected chi connectivity index (χ3v) is 2.71. The van der Waals surface area contributed by atoms with Gasteiger partial charge in [-0.15, -0.1) is 0 Å². The first-order valence-corrected chi connectivity index (χ1v) is 5.08. The van der Waals surface area contributed by atoms with Crippen LogP contribution in [0.5, 0.6) is 0 Å². The highest BCUT2D eigenvalue weighted by Crippen LogP contribution is 2.23. The van der Waals surface area contributed by atoms with Crippen molar-refractivity contribution in [3.8, 4) is 0 Å². The van der Waals surface area contributed by atoms with Crippen molar-refractivity contribution in [3.63, 3.8) is 0 Å². The average Bonchev–Trinajstić information content (AvgIpc) is 2.65. The Balaban J connectivity index is 2.22. The standard InChI is InChI=1S/C10H16N4/c1-8-4-3-7-14(8)9-5-6-12-10(11-2)13-9/h5-6,8H,3-4,7H2,1-2H3,(H,11,12,13). The van der Waals surface area contributed by atoms with Crippen LogP contribution in [0.3, 0.4) is 0 Å². The van der Waals surface area contributed by atoms with Crippen LogP contribution in [0.15, 0.2) is 12.3 Å². The minimum atomic E-state index is 0.606. The zero-order valence-electron chi connectivity index (χ0n) is 8.70. The van der Waals surface area contributed by atoms with Gasteiger partial charge in [0.2, 0.25) is 5.95 Å². The molecule has 0 spiro atoms. The lowest BCUT2D eigenvalue weighted by Crippen LogP contribution is -2.27. The van der Waals surface area contributed by atoms with E-state index in [0.29, 0.717) is 12.0 Å². The molecule has 1 atom stereocenters. The maximum absolute atomic E-state index is 4.43. The van der Waals surface area contributed by atoms with Gasteiger partial charge >= 0.3 is 0 Å². The van der Waals surface area contributed by atoms with E-state index in [1.54, 1.807) is 6.20 Å². The van der Waals surface area contributed by atoms with Crippen LogP contribution >= 0.6 is 0 Å². The first-order chi connectivity index (χ1) is 6.81. The predicted molar refractivity (Wildman–Crippen MR) is 57.6 cm³/mol. The van der Waals surface area contributed by atoms with Gasteiger partial charge in [-0.05, 0) is 25.8 Å². The molecule has 1 N–H and O–H groups in total. The van der Waals surface area contributed by atoms with Crippen LogP contribution in [0.2, 0.25) is 0 Å². The molecule has 4 heteroatoms. The van der Waals surface area contributed by atoms with Gasteiger partial charge in [0.05, 0.1) is 0 Å². The second-order valence-electron chi connectivity index (χ2n) is 3.67. The molecule has 0 saturated carbocycles. The van der Waals surface area contributed by atoms with Gasteiger partial charge in [-0.1, -0.05) is 0 Å². The fraction of sp³-hybridized carbons (Fsp3) is 0.600. The minimum absolute atomic E-state index is 0.606. The highest BCUT2D eigenvalue weighted by Gasteiger charge is 2.21. The summed E-state index contributed by atoms with van der Waals surface area (Å²) in [6.07, 6.45) is 4.33. The van der Waals surface area contributed by atoms with Gasteiger partial charge in [-0.25, -0.2) is 4.98 Å². The molecule has 2 heterocycles. The van der Waals surface area contributed by atoms with Gasteiger partial charge in [-0.3, -0.25) is 0 Å². The van der Waals surface area contributed by atoms with Crippen LogP contribution in [0, 0.1) is 0 Å². The van der Waals surface area contributed by atoms with Crippen molar-refractivity contribution in [1.29, 1.82) is 0 Å². The molecule has 1 aromatic rings. The molecule has 0 aliphatic carbocycles. The summed E-state index contributed by atoms with van der Waals surface area (Å²) in [4.78, 5) is 10.9. The molecule has 0 amide bonds. The van der Waals surface area contributed by atoms with Crippen LogP contribution in [0.25, 0.3) is 0 Å². The number of aromatic nitrogens is 2. The summed E-state index contributed by atoms with van der Waals surface area (Å²) in [7, 11) is 1.84. The molecule has 14 heavy (non-hydrogen) atoms. The van der Waals surface area contributed by atoms with Gasteiger partial charge in [0.1, 0.15) is 5.82 Å². The molecule has 4 nitrogen and oxygen atoms in total. The van der Waals surface area contributed by atoms with Crippen LogP contribution in [-0.4, -0.2) is 29.6 Å². The second kappa shape index (κ2) is 3.82. The molecule has 76 valence electrons. The van der Waals surface area contributed by atoms with Crippen molar-refractivity contribution in [3.05, 3.63) is 12.3 Å². The summed E-state index contributed by atoms with van der Waals surface area (Å²) < 4.78 is 0. The molecular weight excluding hydrogens is 176 g/mol. The summed E-state index contributed by atoms with van der Waals surface area (Å²) >= 11 is 0. The molecule has 1 aromatic heterocycles. The van der Waals surface area contributed by atoms with E-state index in [1.165, 1.54) is 12.8 Å². The number of hydrogen-bond donors (Lipinski definition) is 1. The largest absolute Gasteiger partial charge is 0.357 e. The molecule has 2 rings (SSSR count). The Kier molecular flexibility index (Phi) is 2.52. The molecular formula is C10H16N4. The fourth-order valence-electron chi connectivity index (χ4n) is 1.90. The lowest BCUT2D eigenvalue weighted by atomic mass is 10.2. The first kappa shape index (κ1) is 9.24. The zero-order valence-corrected chi connectivity index (χ0v) is 8.70. The van der Waals surface area contributed by atoms with E-state index in [0.717, 1.165) is 12.4 Å². The topological polar surface area (TPSA) is 41.1 Å². The zero-order chi connectivity index (χ0) is 9.97. The Morgan fingerprint density at radius 2 is 2.43 bits per heavy atom. The maximum atomic E-state index is 4.43. The molecule has 0 aromatic carbocycles. The molecule has 1 aliphatic heterocycles. The van der Waals surface area contributed by atoms with E-state index in [9.17, 15) is 0 Å². The average molecular weight is 192 g/mol. The summed E-state index contributed by atoms with van der Waals surface area (Å²) in [6, 6.07) is 2.58. The number of nitrogens with zero attached hydrogens (tertiary/aromatic N) is 3. The highest BCUT2D eigenvalue weighted by molar-refractivity contribution is 5.44. The lowest BCUT2D eigenvalue weighted by Gasteiger charge is -2.22. The third-order valence-electron chi connectivity index (χ3n) is 2.71. The molecule has 1 saturated heterocycles. The Morgan fingerprint density at radius 3 is 3.07 bits per heavy atom. The van der Waals surface area contributed by atoms with Gasteiger partial charge < -0.3 is 10.2 Å². The smallest absolute Gasteiger partial charge is 0.224 e. The summed E-state index contributed by atoms with van der Waals surface area (Å²) in [5.74, 6) is 1.73. The normalized spacial score (nSPS) is 21.3. The van der Waals surface area contributed by atoms with Crippen molar-refractivity contribution >= 4 is 11.8 Å². The molecule has 0 radical (unpaired) electrons. The van der Waals surface area contributed by atoms with Gasteiger partial charge in [0.25, 0.3) is 0 Å². The van der Waals surface area contributed by atoms with E-state index in [-0.39, 0.29) is 0 Å². The molecule has 1 aliphatic rings. The highest BCUT2D eigenvalue weighted by atomic mass is 15.2. The molecule has 1 fully saturated rings. The van der Waals surface area contributed by atoms with Crippen LogP contribution in [-0.2, 0) is 0 Å². The second-order valence-corrected chi connectivity index (χ2v) is 3.67. The number of hydrogen-bond acceptors (Lipinski definition) is 4. The first-order valence-electron chi connectivity index (χ1n) is 5.08. The van der Waals surface area contributed by atoms with Crippen LogP contribution in [0.4, 0.5) is 11.8 Å². The van der Waals surface area contributed by atoms with Gasteiger partial charge in [0, 0.05) is 25.8 Å². The Hall–Kier alpha value is -1.32. The van der Waals surface area contributed by atoms with Crippen molar-refractivity contribution in [2.75, 3.05) is 23.8 Å². The van der Waals surface area contributed by atoms with Gasteiger partial charge in [0.15, 0.2) is 0 Å². The molecule has 1 unspecified atom stereocenters. The van der Waals surface area contributed by atoms with E-state index in [1.807, 2.05) is 13.1 Å². The van der Waals surface area contributed by atoms with E-state index in [2.05, 4.69) is 27.1 Å². The predicted octanol–water partition coefficient (Wildman–Crippen LogP) is 1.51. The van der Waals surface area contributed by atoms with Gasteiger partial charge in [-0.2, -0.15) is 4.98 Å². The van der Waals surface area contributed by atoms with Crippen LogP contribution < -0.4 is 10.2 Å². The minimum Gasteiger partial charge on any atom is -0.357 e. The Labute approximate surface area is 84.4 Å². The Bertz CT molecular complexity index is 313. The fourth-order valence-corrected chi connectivity index (χ4v) is 1.90. The van der Waals surface area contributed by atoms with E-state index in [4.69, 9.17) is 0 Å². The third kappa shape index (κ3) is 1.64. The van der Waals surface area contributed by atoms with Crippen molar-refractivity contribution in [1.82, 2.24) is 9.97 Å². The Morgan fingerprint density at radius 1 is 1.57 bits per heavy atom. The maximum Gasteiger partial charge on any atom is 0.224 e.